The molecule has 0 saturated carbocycles. The van der Waals surface area contributed by atoms with E-state index in [4.69, 9.17) is 9.47 Å². The fourth-order valence-electron chi connectivity index (χ4n) is 3.74. The molecule has 2 aromatic carbocycles. The van der Waals surface area contributed by atoms with Gasteiger partial charge in [0.05, 0.1) is 24.8 Å². The van der Waals surface area contributed by atoms with E-state index in [0.717, 1.165) is 37.2 Å². The van der Waals surface area contributed by atoms with Crippen molar-refractivity contribution in [3.8, 4) is 11.5 Å². The van der Waals surface area contributed by atoms with Gasteiger partial charge in [0.15, 0.2) is 0 Å². The summed E-state index contributed by atoms with van der Waals surface area (Å²) >= 11 is 0. The molecule has 1 aliphatic rings. The third-order valence-electron chi connectivity index (χ3n) is 5.34. The van der Waals surface area contributed by atoms with Gasteiger partial charge in [0.2, 0.25) is 15.9 Å². The topological polar surface area (TPSA) is 97.0 Å². The van der Waals surface area contributed by atoms with Crippen molar-refractivity contribution in [2.45, 2.75) is 30.7 Å². The van der Waals surface area contributed by atoms with Crippen LogP contribution >= 0.6 is 12.4 Å². The van der Waals surface area contributed by atoms with Gasteiger partial charge in [0.25, 0.3) is 0 Å². The first-order valence-corrected chi connectivity index (χ1v) is 11.7. The van der Waals surface area contributed by atoms with Gasteiger partial charge >= 0.3 is 0 Å². The Morgan fingerprint density at radius 3 is 2.28 bits per heavy atom. The molecule has 1 heterocycles. The number of ether oxygens (including phenoxy) is 2. The molecule has 1 unspecified atom stereocenters. The molecule has 176 valence electrons. The number of methoxy groups -OCH3 is 2. The third kappa shape index (κ3) is 6.35. The summed E-state index contributed by atoms with van der Waals surface area (Å²) in [5, 5.41) is 2.63. The molecule has 0 radical (unpaired) electrons. The second kappa shape index (κ2) is 11.5. The Morgan fingerprint density at radius 1 is 1.06 bits per heavy atom. The zero-order chi connectivity index (χ0) is 22.4. The van der Waals surface area contributed by atoms with Gasteiger partial charge in [-0.1, -0.05) is 12.1 Å². The Kier molecular flexibility index (Phi) is 9.33. The van der Waals surface area contributed by atoms with E-state index in [1.54, 1.807) is 7.11 Å². The second-order valence-corrected chi connectivity index (χ2v) is 9.19. The maximum atomic E-state index is 13.0. The minimum absolute atomic E-state index is 0. The molecular formula is C22H30ClN3O5S. The van der Waals surface area contributed by atoms with E-state index in [-0.39, 0.29) is 41.5 Å². The summed E-state index contributed by atoms with van der Waals surface area (Å²) in [5.74, 6) is 0.778. The molecule has 0 aromatic heterocycles. The summed E-state index contributed by atoms with van der Waals surface area (Å²) in [7, 11) is -0.732. The second-order valence-electron chi connectivity index (χ2n) is 7.43. The minimum Gasteiger partial charge on any atom is -0.497 e. The third-order valence-corrected chi connectivity index (χ3v) is 6.76. The average molecular weight is 484 g/mol. The van der Waals surface area contributed by atoms with E-state index >= 15 is 0 Å². The Balaban J connectivity index is 0.00000363. The lowest BCUT2D eigenvalue weighted by Crippen LogP contribution is -2.36. The smallest absolute Gasteiger partial charge is 0.240 e. The van der Waals surface area contributed by atoms with Gasteiger partial charge in [0.1, 0.15) is 11.5 Å². The predicted octanol–water partition coefficient (Wildman–Crippen LogP) is 3.20. The number of rotatable bonds is 9. The Bertz CT molecular complexity index is 1010. The summed E-state index contributed by atoms with van der Waals surface area (Å²) in [5.41, 5.74) is 1.45. The van der Waals surface area contributed by atoms with Crippen molar-refractivity contribution in [2.24, 2.45) is 0 Å². The fourth-order valence-corrected chi connectivity index (χ4v) is 4.79. The van der Waals surface area contributed by atoms with E-state index in [2.05, 4.69) is 14.9 Å². The number of hydrogen-bond acceptors (Lipinski definition) is 6. The lowest BCUT2D eigenvalue weighted by molar-refractivity contribution is -0.114. The fraction of sp³-hybridized carbons (Fsp3) is 0.409. The molecule has 1 amide bonds. The largest absolute Gasteiger partial charge is 0.497 e. The van der Waals surface area contributed by atoms with Crippen LogP contribution in [0.15, 0.2) is 47.4 Å². The van der Waals surface area contributed by atoms with E-state index in [0.29, 0.717) is 5.69 Å². The van der Waals surface area contributed by atoms with Crippen molar-refractivity contribution in [3.63, 3.8) is 0 Å². The number of anilines is 1. The first kappa shape index (κ1) is 25.9. The molecule has 32 heavy (non-hydrogen) atoms. The number of benzene rings is 2. The molecule has 0 spiro atoms. The van der Waals surface area contributed by atoms with Gasteiger partial charge in [-0.15, -0.1) is 12.4 Å². The summed E-state index contributed by atoms with van der Waals surface area (Å²) in [6, 6.07) is 12.0. The molecule has 1 fully saturated rings. The molecule has 0 aliphatic carbocycles. The summed E-state index contributed by atoms with van der Waals surface area (Å²) in [6.07, 6.45) is 2.20. The van der Waals surface area contributed by atoms with Crippen LogP contribution < -0.4 is 19.5 Å². The Morgan fingerprint density at radius 2 is 1.72 bits per heavy atom. The van der Waals surface area contributed by atoms with Crippen molar-refractivity contribution in [1.82, 2.24) is 9.62 Å². The number of nitrogens with one attached hydrogen (secondary N) is 2. The summed E-state index contributed by atoms with van der Waals surface area (Å²) in [4.78, 5) is 13.7. The highest BCUT2D eigenvalue weighted by molar-refractivity contribution is 7.89. The van der Waals surface area contributed by atoms with Crippen LogP contribution in [0.1, 0.15) is 31.4 Å². The number of hydrogen-bond donors (Lipinski definition) is 2. The van der Waals surface area contributed by atoms with E-state index in [1.165, 1.54) is 32.2 Å². The highest BCUT2D eigenvalue weighted by atomic mass is 35.5. The average Bonchev–Trinajstić information content (AvgIpc) is 3.28. The lowest BCUT2D eigenvalue weighted by atomic mass is 10.1. The van der Waals surface area contributed by atoms with E-state index < -0.39 is 10.0 Å². The van der Waals surface area contributed by atoms with Crippen LogP contribution in [0.5, 0.6) is 11.5 Å². The SMILES string of the molecule is COc1ccc(C(CNS(=O)(=O)c2ccc(NC(C)=O)c(OC)c2)N2CCCC2)cc1.Cl. The van der Waals surface area contributed by atoms with Gasteiger partial charge in [-0.05, 0) is 55.8 Å². The summed E-state index contributed by atoms with van der Waals surface area (Å²) < 4.78 is 39.2. The number of carbonyl (C=O) groups is 1. The Hall–Kier alpha value is -2.33. The minimum atomic E-state index is -3.78. The number of likely N-dealkylation sites (tertiary alicyclic amines) is 1. The highest BCUT2D eigenvalue weighted by Gasteiger charge is 2.26. The van der Waals surface area contributed by atoms with Crippen LogP contribution in [0.3, 0.4) is 0 Å². The van der Waals surface area contributed by atoms with Gasteiger partial charge < -0.3 is 14.8 Å². The Labute approximate surface area is 195 Å². The van der Waals surface area contributed by atoms with Crippen molar-refractivity contribution in [3.05, 3.63) is 48.0 Å². The zero-order valence-electron chi connectivity index (χ0n) is 18.5. The van der Waals surface area contributed by atoms with Crippen molar-refractivity contribution in [1.29, 1.82) is 0 Å². The van der Waals surface area contributed by atoms with Crippen LogP contribution in [0.4, 0.5) is 5.69 Å². The van der Waals surface area contributed by atoms with Crippen LogP contribution in [-0.4, -0.2) is 53.1 Å². The lowest BCUT2D eigenvalue weighted by Gasteiger charge is -2.28. The van der Waals surface area contributed by atoms with Gasteiger partial charge in [-0.25, -0.2) is 13.1 Å². The molecule has 10 heteroatoms. The molecule has 0 bridgehead atoms. The van der Waals surface area contributed by atoms with Crippen molar-refractivity contribution < 1.29 is 22.7 Å². The van der Waals surface area contributed by atoms with E-state index in [1.807, 2.05) is 24.3 Å². The first-order chi connectivity index (χ1) is 14.8. The number of nitrogens with zero attached hydrogens (tertiary/aromatic N) is 1. The molecule has 8 nitrogen and oxygen atoms in total. The van der Waals surface area contributed by atoms with E-state index in [9.17, 15) is 13.2 Å². The normalized spacial score (nSPS) is 15.0. The van der Waals surface area contributed by atoms with Gasteiger partial charge in [0, 0.05) is 25.6 Å². The van der Waals surface area contributed by atoms with Crippen LogP contribution in [0, 0.1) is 0 Å². The maximum absolute atomic E-state index is 13.0. The zero-order valence-corrected chi connectivity index (χ0v) is 20.1. The molecule has 1 saturated heterocycles. The number of carbonyl (C=O) groups excluding carboxylic acids is 1. The number of sulfonamides is 1. The predicted molar refractivity (Wildman–Crippen MR) is 126 cm³/mol. The highest BCUT2D eigenvalue weighted by Crippen LogP contribution is 2.29. The van der Waals surface area contributed by atoms with Gasteiger partial charge in [-0.2, -0.15) is 0 Å². The first-order valence-electron chi connectivity index (χ1n) is 10.2. The summed E-state index contributed by atoms with van der Waals surface area (Å²) in [6.45, 7) is 3.48. The molecule has 2 aromatic rings. The van der Waals surface area contributed by atoms with Crippen LogP contribution in [0.2, 0.25) is 0 Å². The molecule has 1 atom stereocenters. The molecular weight excluding hydrogens is 454 g/mol. The van der Waals surface area contributed by atoms with Crippen molar-refractivity contribution >= 4 is 34.0 Å². The molecule has 3 rings (SSSR count). The van der Waals surface area contributed by atoms with Crippen molar-refractivity contribution in [2.75, 3.05) is 39.2 Å². The number of halogens is 1. The monoisotopic (exact) mass is 483 g/mol. The quantitative estimate of drug-likeness (QED) is 0.568. The molecule has 2 N–H and O–H groups in total. The molecule has 1 aliphatic heterocycles. The van der Waals surface area contributed by atoms with Crippen LogP contribution in [0.25, 0.3) is 0 Å². The van der Waals surface area contributed by atoms with Gasteiger partial charge in [-0.3, -0.25) is 9.69 Å². The number of amides is 1. The standard InChI is InChI=1S/C22H29N3O5S.ClH/c1-16(26)24-20-11-10-19(14-22(20)30-3)31(27,28)23-15-21(25-12-4-5-13-25)17-6-8-18(29-2)9-7-17;/h6-11,14,21,23H,4-5,12-13,15H2,1-3H3,(H,24,26);1H. The maximum Gasteiger partial charge on any atom is 0.240 e. The van der Waals surface area contributed by atoms with Crippen LogP contribution in [-0.2, 0) is 14.8 Å².